The Morgan fingerprint density at radius 1 is 1.28 bits per heavy atom. The lowest BCUT2D eigenvalue weighted by atomic mass is 10.0. The Morgan fingerprint density at radius 2 is 2.17 bits per heavy atom. The Morgan fingerprint density at radius 3 is 2.83 bits per heavy atom. The Balaban J connectivity index is 1.58. The Hall–Kier alpha value is -1.06. The topological polar surface area (TPSA) is 24.1 Å². The van der Waals surface area contributed by atoms with Crippen molar-refractivity contribution >= 4 is 34.6 Å². The molecule has 2 nitrogen and oxygen atoms in total. The first kappa shape index (κ1) is 12.0. The molecular formula is C14H15ClN2S. The number of rotatable bonds is 2. The predicted molar refractivity (Wildman–Crippen MR) is 80.0 cm³/mol. The minimum absolute atomic E-state index is 0.485. The van der Waals surface area contributed by atoms with Crippen LogP contribution in [0.4, 0.5) is 5.69 Å². The fraction of sp³-hybridized carbons (Fsp3) is 0.357. The van der Waals surface area contributed by atoms with E-state index >= 15 is 0 Å². The number of halogens is 1. The van der Waals surface area contributed by atoms with Crippen LogP contribution in [-0.4, -0.2) is 11.2 Å². The number of nitrogens with one attached hydrogen (secondary N) is 2. The molecule has 2 aliphatic carbocycles. The standard InChI is InChI=1S/C14H15ClN2S/c15-11-2-1-3-12(8-11)16-14(18)17-13-7-9-4-5-10(13)6-9/h1-5,8-10,13H,6-7H2,(H2,16,17,18)/t9-,10-,13+/m0/s1. The zero-order chi connectivity index (χ0) is 12.5. The highest BCUT2D eigenvalue weighted by molar-refractivity contribution is 7.80. The lowest BCUT2D eigenvalue weighted by Gasteiger charge is -2.21. The maximum absolute atomic E-state index is 5.94. The van der Waals surface area contributed by atoms with Crippen molar-refractivity contribution in [2.24, 2.45) is 11.8 Å². The molecule has 2 bridgehead atoms. The van der Waals surface area contributed by atoms with Crippen LogP contribution < -0.4 is 10.6 Å². The average Bonchev–Trinajstić information content (AvgIpc) is 2.90. The van der Waals surface area contributed by atoms with Crippen LogP contribution in [0.15, 0.2) is 36.4 Å². The van der Waals surface area contributed by atoms with Crippen molar-refractivity contribution in [1.29, 1.82) is 0 Å². The minimum Gasteiger partial charge on any atom is -0.359 e. The van der Waals surface area contributed by atoms with Crippen molar-refractivity contribution in [1.82, 2.24) is 5.32 Å². The van der Waals surface area contributed by atoms with Gasteiger partial charge in [-0.3, -0.25) is 0 Å². The lowest BCUT2D eigenvalue weighted by molar-refractivity contribution is 0.526. The van der Waals surface area contributed by atoms with Gasteiger partial charge in [-0.05, 0) is 55.1 Å². The van der Waals surface area contributed by atoms with Gasteiger partial charge in [0.2, 0.25) is 0 Å². The Bertz CT molecular complexity index is 500. The summed E-state index contributed by atoms with van der Waals surface area (Å²) < 4.78 is 0. The number of anilines is 1. The summed E-state index contributed by atoms with van der Waals surface area (Å²) in [6.45, 7) is 0. The van der Waals surface area contributed by atoms with Crippen LogP contribution in [0, 0.1) is 11.8 Å². The van der Waals surface area contributed by atoms with Gasteiger partial charge in [-0.1, -0.05) is 29.8 Å². The summed E-state index contributed by atoms with van der Waals surface area (Å²) in [6.07, 6.45) is 7.11. The van der Waals surface area contributed by atoms with Gasteiger partial charge in [0, 0.05) is 16.8 Å². The first-order chi connectivity index (χ1) is 8.70. The predicted octanol–water partition coefficient (Wildman–Crippen LogP) is 3.59. The van der Waals surface area contributed by atoms with Crippen LogP contribution in [0.3, 0.4) is 0 Å². The van der Waals surface area contributed by atoms with Crippen LogP contribution in [0.1, 0.15) is 12.8 Å². The number of benzene rings is 1. The molecule has 1 aromatic carbocycles. The summed E-state index contributed by atoms with van der Waals surface area (Å²) in [5.74, 6) is 1.40. The molecule has 0 spiro atoms. The maximum Gasteiger partial charge on any atom is 0.171 e. The molecule has 1 aromatic rings. The van der Waals surface area contributed by atoms with E-state index in [4.69, 9.17) is 23.8 Å². The lowest BCUT2D eigenvalue weighted by Crippen LogP contribution is -2.40. The normalized spacial score (nSPS) is 28.4. The van der Waals surface area contributed by atoms with Gasteiger partial charge in [-0.2, -0.15) is 0 Å². The Kier molecular flexibility index (Phi) is 3.27. The van der Waals surface area contributed by atoms with E-state index in [1.165, 1.54) is 12.8 Å². The highest BCUT2D eigenvalue weighted by Gasteiger charge is 2.35. The van der Waals surface area contributed by atoms with E-state index in [1.807, 2.05) is 24.3 Å². The van der Waals surface area contributed by atoms with Gasteiger partial charge < -0.3 is 10.6 Å². The molecular weight excluding hydrogens is 264 g/mol. The van der Waals surface area contributed by atoms with Gasteiger partial charge in [0.15, 0.2) is 5.11 Å². The van der Waals surface area contributed by atoms with E-state index in [0.717, 1.165) is 11.6 Å². The van der Waals surface area contributed by atoms with Crippen molar-refractivity contribution in [3.63, 3.8) is 0 Å². The number of allylic oxidation sites excluding steroid dienone is 1. The highest BCUT2D eigenvalue weighted by Crippen LogP contribution is 2.38. The molecule has 4 heteroatoms. The molecule has 3 atom stereocenters. The van der Waals surface area contributed by atoms with Crippen LogP contribution in [0.2, 0.25) is 5.02 Å². The molecule has 0 radical (unpaired) electrons. The zero-order valence-corrected chi connectivity index (χ0v) is 11.5. The fourth-order valence-corrected chi connectivity index (χ4v) is 3.31. The molecule has 3 rings (SSSR count). The molecule has 0 unspecified atom stereocenters. The van der Waals surface area contributed by atoms with Crippen molar-refractivity contribution in [3.05, 3.63) is 41.4 Å². The van der Waals surface area contributed by atoms with Crippen molar-refractivity contribution < 1.29 is 0 Å². The zero-order valence-electron chi connectivity index (χ0n) is 9.90. The number of thiocarbonyl (C=S) groups is 1. The highest BCUT2D eigenvalue weighted by atomic mass is 35.5. The number of hydrogen-bond acceptors (Lipinski definition) is 1. The molecule has 94 valence electrons. The van der Waals surface area contributed by atoms with E-state index in [0.29, 0.717) is 22.1 Å². The molecule has 18 heavy (non-hydrogen) atoms. The maximum atomic E-state index is 5.94. The first-order valence-corrected chi connectivity index (χ1v) is 7.01. The summed E-state index contributed by atoms with van der Waals surface area (Å²) in [7, 11) is 0. The molecule has 0 aromatic heterocycles. The van der Waals surface area contributed by atoms with Crippen molar-refractivity contribution in [3.8, 4) is 0 Å². The van der Waals surface area contributed by atoms with E-state index < -0.39 is 0 Å². The summed E-state index contributed by atoms with van der Waals surface area (Å²) in [6, 6.07) is 8.08. The molecule has 2 aliphatic rings. The van der Waals surface area contributed by atoms with Crippen LogP contribution in [-0.2, 0) is 0 Å². The second-order valence-corrected chi connectivity index (χ2v) is 5.84. The van der Waals surface area contributed by atoms with Crippen molar-refractivity contribution in [2.75, 3.05) is 5.32 Å². The van der Waals surface area contributed by atoms with Gasteiger partial charge in [0.25, 0.3) is 0 Å². The minimum atomic E-state index is 0.485. The monoisotopic (exact) mass is 278 g/mol. The molecule has 0 saturated heterocycles. The molecule has 0 amide bonds. The summed E-state index contributed by atoms with van der Waals surface area (Å²) >= 11 is 11.3. The van der Waals surface area contributed by atoms with Gasteiger partial charge in [-0.15, -0.1) is 0 Å². The van der Waals surface area contributed by atoms with E-state index in [9.17, 15) is 0 Å². The molecule has 0 heterocycles. The van der Waals surface area contributed by atoms with Gasteiger partial charge in [0.05, 0.1) is 0 Å². The first-order valence-electron chi connectivity index (χ1n) is 6.22. The third-order valence-electron chi connectivity index (χ3n) is 3.68. The number of fused-ring (bicyclic) bond motifs is 2. The second kappa shape index (κ2) is 4.90. The third-order valence-corrected chi connectivity index (χ3v) is 4.13. The van der Waals surface area contributed by atoms with E-state index in [1.54, 1.807) is 0 Å². The fourth-order valence-electron chi connectivity index (χ4n) is 2.85. The smallest absolute Gasteiger partial charge is 0.171 e. The molecule has 1 fully saturated rings. The van der Waals surface area contributed by atoms with Crippen LogP contribution in [0.25, 0.3) is 0 Å². The second-order valence-electron chi connectivity index (χ2n) is 5.00. The summed E-state index contributed by atoms with van der Waals surface area (Å²) in [5.41, 5.74) is 0.929. The third kappa shape index (κ3) is 2.52. The number of hydrogen-bond donors (Lipinski definition) is 2. The van der Waals surface area contributed by atoms with Crippen LogP contribution >= 0.6 is 23.8 Å². The van der Waals surface area contributed by atoms with Crippen LogP contribution in [0.5, 0.6) is 0 Å². The van der Waals surface area contributed by atoms with E-state index in [2.05, 4.69) is 22.8 Å². The van der Waals surface area contributed by atoms with Crippen molar-refractivity contribution in [2.45, 2.75) is 18.9 Å². The van der Waals surface area contributed by atoms with Gasteiger partial charge >= 0.3 is 0 Å². The SMILES string of the molecule is S=C(Nc1cccc(Cl)c1)N[C@@H]1C[C@H]2C=C[C@H]1C2. The molecule has 1 saturated carbocycles. The van der Waals surface area contributed by atoms with Gasteiger partial charge in [-0.25, -0.2) is 0 Å². The van der Waals surface area contributed by atoms with Gasteiger partial charge in [0.1, 0.15) is 0 Å². The molecule has 2 N–H and O–H groups in total. The largest absolute Gasteiger partial charge is 0.359 e. The molecule has 0 aliphatic heterocycles. The quantitative estimate of drug-likeness (QED) is 0.639. The average molecular weight is 279 g/mol. The Labute approximate surface area is 117 Å². The summed E-state index contributed by atoms with van der Waals surface area (Å²) in [5, 5.41) is 7.98. The van der Waals surface area contributed by atoms with E-state index in [-0.39, 0.29) is 0 Å². The summed E-state index contributed by atoms with van der Waals surface area (Å²) in [4.78, 5) is 0.